The second kappa shape index (κ2) is 6.12. The molecule has 23 heavy (non-hydrogen) atoms. The molecule has 1 saturated heterocycles. The molecule has 0 bridgehead atoms. The van der Waals surface area contributed by atoms with Crippen LogP contribution in [0.2, 0.25) is 0 Å². The highest BCUT2D eigenvalue weighted by molar-refractivity contribution is 6.04. The Hall–Kier alpha value is -2.82. The van der Waals surface area contributed by atoms with E-state index in [4.69, 9.17) is 0 Å². The minimum absolute atomic E-state index is 0.0862. The molecule has 0 atom stereocenters. The van der Waals surface area contributed by atoms with E-state index in [-0.39, 0.29) is 11.9 Å². The van der Waals surface area contributed by atoms with Crippen LogP contribution < -0.4 is 15.5 Å². The van der Waals surface area contributed by atoms with Gasteiger partial charge >= 0.3 is 6.03 Å². The maximum atomic E-state index is 12.3. The zero-order valence-corrected chi connectivity index (χ0v) is 13.2. The van der Waals surface area contributed by atoms with Gasteiger partial charge in [-0.3, -0.25) is 9.69 Å². The molecule has 1 aliphatic rings. The fraction of sp³-hybridized carbons (Fsp3) is 0.222. The van der Waals surface area contributed by atoms with Gasteiger partial charge in [0.15, 0.2) is 0 Å². The standard InChI is InChI=1S/C18H19N3O2/c1-12-3-4-14(11-13(12)2)17(22)20-15-5-7-16(8-6-15)21-10-9-19-18(21)23/h3-8,11H,9-10H2,1-2H3,(H,19,23)(H,20,22). The summed E-state index contributed by atoms with van der Waals surface area (Å²) in [6.45, 7) is 5.32. The van der Waals surface area contributed by atoms with Crippen LogP contribution in [-0.4, -0.2) is 25.0 Å². The van der Waals surface area contributed by atoms with Crippen molar-refractivity contribution in [1.29, 1.82) is 0 Å². The molecule has 5 heteroatoms. The predicted octanol–water partition coefficient (Wildman–Crippen LogP) is 3.09. The Bertz CT molecular complexity index is 753. The summed E-state index contributed by atoms with van der Waals surface area (Å²) in [6, 6.07) is 12.8. The van der Waals surface area contributed by atoms with E-state index in [0.29, 0.717) is 24.3 Å². The van der Waals surface area contributed by atoms with Crippen molar-refractivity contribution in [2.24, 2.45) is 0 Å². The van der Waals surface area contributed by atoms with Gasteiger partial charge < -0.3 is 10.6 Å². The first-order valence-corrected chi connectivity index (χ1v) is 7.58. The lowest BCUT2D eigenvalue weighted by molar-refractivity contribution is 0.102. The van der Waals surface area contributed by atoms with Crippen molar-refractivity contribution in [1.82, 2.24) is 5.32 Å². The fourth-order valence-corrected chi connectivity index (χ4v) is 2.53. The molecule has 3 amide bonds. The molecule has 1 heterocycles. The number of hydrogen-bond donors (Lipinski definition) is 2. The third-order valence-electron chi connectivity index (χ3n) is 4.06. The number of rotatable bonds is 3. The van der Waals surface area contributed by atoms with Crippen molar-refractivity contribution in [2.75, 3.05) is 23.3 Å². The second-order valence-electron chi connectivity index (χ2n) is 5.68. The van der Waals surface area contributed by atoms with Gasteiger partial charge in [-0.25, -0.2) is 4.79 Å². The first kappa shape index (κ1) is 15.1. The number of nitrogens with zero attached hydrogens (tertiary/aromatic N) is 1. The average Bonchev–Trinajstić information content (AvgIpc) is 2.97. The number of carbonyl (C=O) groups excluding carboxylic acids is 2. The lowest BCUT2D eigenvalue weighted by atomic mass is 10.1. The number of aryl methyl sites for hydroxylation is 2. The Labute approximate surface area is 135 Å². The van der Waals surface area contributed by atoms with E-state index in [2.05, 4.69) is 10.6 Å². The van der Waals surface area contributed by atoms with Gasteiger partial charge in [0.05, 0.1) is 0 Å². The lowest BCUT2D eigenvalue weighted by Crippen LogP contribution is -2.27. The van der Waals surface area contributed by atoms with Crippen LogP contribution in [0.25, 0.3) is 0 Å². The van der Waals surface area contributed by atoms with Crippen LogP contribution in [-0.2, 0) is 0 Å². The molecule has 0 unspecified atom stereocenters. The first-order chi connectivity index (χ1) is 11.0. The van der Waals surface area contributed by atoms with Crippen LogP contribution in [0.15, 0.2) is 42.5 Å². The fourth-order valence-electron chi connectivity index (χ4n) is 2.53. The van der Waals surface area contributed by atoms with Gasteiger partial charge in [0.25, 0.3) is 5.91 Å². The van der Waals surface area contributed by atoms with Crippen LogP contribution >= 0.6 is 0 Å². The van der Waals surface area contributed by atoms with Gasteiger partial charge in [0.2, 0.25) is 0 Å². The van der Waals surface area contributed by atoms with Gasteiger partial charge in [-0.05, 0) is 61.4 Å². The largest absolute Gasteiger partial charge is 0.336 e. The van der Waals surface area contributed by atoms with Crippen LogP contribution in [0.4, 0.5) is 16.2 Å². The lowest BCUT2D eigenvalue weighted by Gasteiger charge is -2.14. The molecule has 2 aromatic carbocycles. The molecule has 0 spiro atoms. The van der Waals surface area contributed by atoms with E-state index in [0.717, 1.165) is 16.8 Å². The highest BCUT2D eigenvalue weighted by Crippen LogP contribution is 2.20. The molecular formula is C18H19N3O2. The molecule has 2 N–H and O–H groups in total. The molecule has 118 valence electrons. The smallest absolute Gasteiger partial charge is 0.321 e. The molecule has 3 rings (SSSR count). The third kappa shape index (κ3) is 3.18. The Kier molecular flexibility index (Phi) is 4.02. The number of carbonyl (C=O) groups is 2. The monoisotopic (exact) mass is 309 g/mol. The maximum absolute atomic E-state index is 12.3. The van der Waals surface area contributed by atoms with Gasteiger partial charge in [-0.2, -0.15) is 0 Å². The summed E-state index contributed by atoms with van der Waals surface area (Å²) >= 11 is 0. The van der Waals surface area contributed by atoms with E-state index >= 15 is 0 Å². The molecule has 0 aliphatic carbocycles. The maximum Gasteiger partial charge on any atom is 0.321 e. The van der Waals surface area contributed by atoms with Gasteiger partial charge in [-0.15, -0.1) is 0 Å². The quantitative estimate of drug-likeness (QED) is 0.915. The molecule has 5 nitrogen and oxygen atoms in total. The third-order valence-corrected chi connectivity index (χ3v) is 4.06. The number of hydrogen-bond acceptors (Lipinski definition) is 2. The van der Waals surface area contributed by atoms with E-state index in [1.54, 1.807) is 17.0 Å². The summed E-state index contributed by atoms with van der Waals surface area (Å²) in [5.41, 5.74) is 4.42. The number of anilines is 2. The average molecular weight is 309 g/mol. The van der Waals surface area contributed by atoms with Crippen molar-refractivity contribution < 1.29 is 9.59 Å². The normalized spacial score (nSPS) is 13.8. The highest BCUT2D eigenvalue weighted by atomic mass is 16.2. The van der Waals surface area contributed by atoms with E-state index in [1.165, 1.54) is 0 Å². The summed E-state index contributed by atoms with van der Waals surface area (Å²) in [5, 5.41) is 5.64. The molecule has 0 aromatic heterocycles. The van der Waals surface area contributed by atoms with Gasteiger partial charge in [0, 0.05) is 30.0 Å². The molecule has 0 radical (unpaired) electrons. The topological polar surface area (TPSA) is 61.4 Å². The summed E-state index contributed by atoms with van der Waals surface area (Å²) in [4.78, 5) is 25.6. The molecule has 1 aliphatic heterocycles. The highest BCUT2D eigenvalue weighted by Gasteiger charge is 2.20. The second-order valence-corrected chi connectivity index (χ2v) is 5.68. The van der Waals surface area contributed by atoms with Crippen molar-refractivity contribution in [2.45, 2.75) is 13.8 Å². The van der Waals surface area contributed by atoms with Crippen molar-refractivity contribution in [3.8, 4) is 0 Å². The molecule has 2 aromatic rings. The summed E-state index contributed by atoms with van der Waals surface area (Å²) < 4.78 is 0. The molecule has 0 saturated carbocycles. The number of amides is 3. The zero-order chi connectivity index (χ0) is 16.4. The first-order valence-electron chi connectivity index (χ1n) is 7.58. The summed E-state index contributed by atoms with van der Waals surface area (Å²) in [5.74, 6) is -0.139. The SMILES string of the molecule is Cc1ccc(C(=O)Nc2ccc(N3CCNC3=O)cc2)cc1C. The Morgan fingerprint density at radius 2 is 1.83 bits per heavy atom. The summed E-state index contributed by atoms with van der Waals surface area (Å²) in [6.07, 6.45) is 0. The van der Waals surface area contributed by atoms with Gasteiger partial charge in [0.1, 0.15) is 0 Å². The molecular weight excluding hydrogens is 290 g/mol. The molecule has 1 fully saturated rings. The Morgan fingerprint density at radius 3 is 2.43 bits per heavy atom. The van der Waals surface area contributed by atoms with Crippen LogP contribution in [0.5, 0.6) is 0 Å². The van der Waals surface area contributed by atoms with Crippen LogP contribution in [0, 0.1) is 13.8 Å². The number of nitrogens with one attached hydrogen (secondary N) is 2. The summed E-state index contributed by atoms with van der Waals surface area (Å²) in [7, 11) is 0. The van der Waals surface area contributed by atoms with Crippen molar-refractivity contribution >= 4 is 23.3 Å². The minimum Gasteiger partial charge on any atom is -0.336 e. The van der Waals surface area contributed by atoms with Crippen LogP contribution in [0.1, 0.15) is 21.5 Å². The Morgan fingerprint density at radius 1 is 1.09 bits per heavy atom. The zero-order valence-electron chi connectivity index (χ0n) is 13.2. The number of benzene rings is 2. The number of urea groups is 1. The van der Waals surface area contributed by atoms with Crippen molar-refractivity contribution in [3.63, 3.8) is 0 Å². The van der Waals surface area contributed by atoms with E-state index < -0.39 is 0 Å². The van der Waals surface area contributed by atoms with E-state index in [9.17, 15) is 9.59 Å². The predicted molar refractivity (Wildman–Crippen MR) is 91.1 cm³/mol. The van der Waals surface area contributed by atoms with Crippen LogP contribution in [0.3, 0.4) is 0 Å². The van der Waals surface area contributed by atoms with Gasteiger partial charge in [-0.1, -0.05) is 6.07 Å². The minimum atomic E-state index is -0.139. The Balaban J connectivity index is 1.71. The van der Waals surface area contributed by atoms with E-state index in [1.807, 2.05) is 44.2 Å². The van der Waals surface area contributed by atoms with Crippen molar-refractivity contribution in [3.05, 3.63) is 59.2 Å².